The second-order valence-corrected chi connectivity index (χ2v) is 5.82. The molecule has 1 aromatic carbocycles. The fraction of sp³-hybridized carbons (Fsp3) is 0.533. The van der Waals surface area contributed by atoms with E-state index in [1.54, 1.807) is 17.0 Å². The first-order valence-electron chi connectivity index (χ1n) is 6.70. The van der Waals surface area contributed by atoms with Crippen molar-refractivity contribution in [1.82, 2.24) is 4.90 Å². The summed E-state index contributed by atoms with van der Waals surface area (Å²) in [5, 5.41) is 0. The molecule has 1 aliphatic heterocycles. The van der Waals surface area contributed by atoms with Crippen LogP contribution in [0.2, 0.25) is 0 Å². The van der Waals surface area contributed by atoms with Gasteiger partial charge in [-0.05, 0) is 38.5 Å². The lowest BCUT2D eigenvalue weighted by molar-refractivity contribution is -0.0331. The molecule has 0 unspecified atom stereocenters. The van der Waals surface area contributed by atoms with E-state index in [0.717, 1.165) is 5.56 Å². The Morgan fingerprint density at radius 2 is 2.00 bits per heavy atom. The van der Waals surface area contributed by atoms with E-state index in [4.69, 9.17) is 9.47 Å². The van der Waals surface area contributed by atoms with E-state index in [-0.39, 0.29) is 18.0 Å². The Labute approximate surface area is 118 Å². The maximum absolute atomic E-state index is 13.0. The van der Waals surface area contributed by atoms with Gasteiger partial charge < -0.3 is 9.47 Å². The maximum Gasteiger partial charge on any atom is 0.410 e. The molecule has 1 atom stereocenters. The highest BCUT2D eigenvalue weighted by Gasteiger charge is 2.31. The minimum Gasteiger partial charge on any atom is -0.444 e. The van der Waals surface area contributed by atoms with Crippen LogP contribution in [0.15, 0.2) is 24.3 Å². The van der Waals surface area contributed by atoms with E-state index in [9.17, 15) is 9.18 Å². The van der Waals surface area contributed by atoms with Crippen LogP contribution >= 0.6 is 0 Å². The second-order valence-electron chi connectivity index (χ2n) is 5.82. The van der Waals surface area contributed by atoms with E-state index in [2.05, 4.69) is 0 Å². The molecule has 0 radical (unpaired) electrons. The van der Waals surface area contributed by atoms with Gasteiger partial charge in [-0.2, -0.15) is 0 Å². The van der Waals surface area contributed by atoms with E-state index in [1.165, 1.54) is 12.1 Å². The van der Waals surface area contributed by atoms with Crippen LogP contribution in [-0.2, 0) is 9.47 Å². The van der Waals surface area contributed by atoms with Crippen LogP contribution in [0.5, 0.6) is 0 Å². The topological polar surface area (TPSA) is 38.8 Å². The number of hydrogen-bond acceptors (Lipinski definition) is 3. The summed E-state index contributed by atoms with van der Waals surface area (Å²) >= 11 is 0. The molecule has 20 heavy (non-hydrogen) atoms. The summed E-state index contributed by atoms with van der Waals surface area (Å²) < 4.78 is 23.8. The fourth-order valence-electron chi connectivity index (χ4n) is 2.10. The zero-order valence-electron chi connectivity index (χ0n) is 12.1. The van der Waals surface area contributed by atoms with Gasteiger partial charge in [-0.25, -0.2) is 9.18 Å². The third-order valence-corrected chi connectivity index (χ3v) is 3.01. The zero-order valence-corrected chi connectivity index (χ0v) is 12.1. The average Bonchev–Trinajstić information content (AvgIpc) is 2.38. The molecule has 4 nitrogen and oxygen atoms in total. The number of ether oxygens (including phenoxy) is 2. The quantitative estimate of drug-likeness (QED) is 0.794. The molecule has 5 heteroatoms. The largest absolute Gasteiger partial charge is 0.444 e. The predicted molar refractivity (Wildman–Crippen MR) is 72.9 cm³/mol. The molecule has 110 valence electrons. The van der Waals surface area contributed by atoms with E-state index in [1.807, 2.05) is 20.8 Å². The number of amides is 1. The Balaban J connectivity index is 2.16. The lowest BCUT2D eigenvalue weighted by Crippen LogP contribution is -2.45. The monoisotopic (exact) mass is 281 g/mol. The molecular formula is C15H20FNO3. The van der Waals surface area contributed by atoms with Gasteiger partial charge in [-0.1, -0.05) is 12.1 Å². The molecule has 1 amide bonds. The van der Waals surface area contributed by atoms with Crippen molar-refractivity contribution in [2.75, 3.05) is 19.8 Å². The van der Waals surface area contributed by atoms with Crippen molar-refractivity contribution in [2.24, 2.45) is 0 Å². The van der Waals surface area contributed by atoms with Gasteiger partial charge in [0.15, 0.2) is 0 Å². The highest BCUT2D eigenvalue weighted by Crippen LogP contribution is 2.26. The van der Waals surface area contributed by atoms with Crippen molar-refractivity contribution >= 4 is 6.09 Å². The van der Waals surface area contributed by atoms with Crippen molar-refractivity contribution in [3.63, 3.8) is 0 Å². The summed E-state index contributed by atoms with van der Waals surface area (Å²) in [7, 11) is 0. The van der Waals surface area contributed by atoms with Crippen LogP contribution in [0.1, 0.15) is 32.4 Å². The Kier molecular flexibility index (Phi) is 4.28. The molecule has 1 fully saturated rings. The minimum atomic E-state index is -0.539. The number of morpholine rings is 1. The van der Waals surface area contributed by atoms with Crippen molar-refractivity contribution in [3.05, 3.63) is 35.6 Å². The van der Waals surface area contributed by atoms with E-state index >= 15 is 0 Å². The first-order valence-corrected chi connectivity index (χ1v) is 6.70. The van der Waals surface area contributed by atoms with Crippen LogP contribution in [0.25, 0.3) is 0 Å². The third kappa shape index (κ3) is 3.70. The second kappa shape index (κ2) is 5.79. The zero-order chi connectivity index (χ0) is 14.8. The van der Waals surface area contributed by atoms with Gasteiger partial charge in [0.1, 0.15) is 11.4 Å². The number of halogens is 1. The van der Waals surface area contributed by atoms with Crippen LogP contribution in [0, 0.1) is 5.82 Å². The first kappa shape index (κ1) is 14.8. The highest BCUT2D eigenvalue weighted by atomic mass is 19.1. The smallest absolute Gasteiger partial charge is 0.410 e. The number of benzene rings is 1. The molecule has 0 N–H and O–H groups in total. The van der Waals surface area contributed by atoms with Crippen LogP contribution < -0.4 is 0 Å². The molecular weight excluding hydrogens is 261 g/mol. The van der Waals surface area contributed by atoms with E-state index in [0.29, 0.717) is 19.8 Å². The first-order chi connectivity index (χ1) is 9.37. The SMILES string of the molecule is CC(C)(C)OC(=O)N1CCOC[C@@H]1c1ccc(F)cc1. The van der Waals surface area contributed by atoms with Crippen molar-refractivity contribution in [1.29, 1.82) is 0 Å². The summed E-state index contributed by atoms with van der Waals surface area (Å²) in [6.07, 6.45) is -0.366. The standard InChI is InChI=1S/C15H20FNO3/c1-15(2,3)20-14(18)17-8-9-19-10-13(17)11-4-6-12(16)7-5-11/h4-7,13H,8-10H2,1-3H3/t13-/m1/s1. The fourth-order valence-corrected chi connectivity index (χ4v) is 2.10. The Bertz CT molecular complexity index is 467. The van der Waals surface area contributed by atoms with Gasteiger partial charge in [-0.3, -0.25) is 4.90 Å². The minimum absolute atomic E-state index is 0.237. The molecule has 1 heterocycles. The summed E-state index contributed by atoms with van der Waals surface area (Å²) in [5.41, 5.74) is 0.305. The molecule has 1 aromatic rings. The summed E-state index contributed by atoms with van der Waals surface area (Å²) in [5.74, 6) is -0.297. The van der Waals surface area contributed by atoms with Crippen molar-refractivity contribution in [3.8, 4) is 0 Å². The number of rotatable bonds is 1. The normalized spacial score (nSPS) is 19.8. The van der Waals surface area contributed by atoms with Gasteiger partial charge in [0.25, 0.3) is 0 Å². The summed E-state index contributed by atoms with van der Waals surface area (Å²) in [4.78, 5) is 13.9. The maximum atomic E-state index is 13.0. The Morgan fingerprint density at radius 3 is 2.60 bits per heavy atom. The summed E-state index contributed by atoms with van der Waals surface area (Å²) in [6, 6.07) is 5.88. The predicted octanol–water partition coefficient (Wildman–Crippen LogP) is 3.13. The molecule has 0 spiro atoms. The van der Waals surface area contributed by atoms with Gasteiger partial charge >= 0.3 is 6.09 Å². The van der Waals surface area contributed by atoms with Gasteiger partial charge in [0.05, 0.1) is 19.3 Å². The molecule has 0 bridgehead atoms. The van der Waals surface area contributed by atoms with Crippen LogP contribution in [-0.4, -0.2) is 36.4 Å². The number of carbonyl (C=O) groups excluding carboxylic acids is 1. The van der Waals surface area contributed by atoms with Crippen LogP contribution in [0.3, 0.4) is 0 Å². The van der Waals surface area contributed by atoms with E-state index < -0.39 is 5.60 Å². The molecule has 0 aliphatic carbocycles. The number of hydrogen-bond donors (Lipinski definition) is 0. The van der Waals surface area contributed by atoms with Gasteiger partial charge in [0, 0.05) is 6.54 Å². The molecule has 2 rings (SSSR count). The highest BCUT2D eigenvalue weighted by molar-refractivity contribution is 5.69. The van der Waals surface area contributed by atoms with Gasteiger partial charge in [0.2, 0.25) is 0 Å². The number of nitrogens with zero attached hydrogens (tertiary/aromatic N) is 1. The Morgan fingerprint density at radius 1 is 1.35 bits per heavy atom. The molecule has 0 aromatic heterocycles. The molecule has 0 saturated carbocycles. The third-order valence-electron chi connectivity index (χ3n) is 3.01. The molecule has 1 saturated heterocycles. The van der Waals surface area contributed by atoms with Crippen LogP contribution in [0.4, 0.5) is 9.18 Å². The van der Waals surface area contributed by atoms with Crippen molar-refractivity contribution in [2.45, 2.75) is 32.4 Å². The number of carbonyl (C=O) groups is 1. The Hall–Kier alpha value is -1.62. The molecule has 1 aliphatic rings. The lowest BCUT2D eigenvalue weighted by atomic mass is 10.1. The van der Waals surface area contributed by atoms with Crippen molar-refractivity contribution < 1.29 is 18.7 Å². The lowest BCUT2D eigenvalue weighted by Gasteiger charge is -2.36. The van der Waals surface area contributed by atoms with Gasteiger partial charge in [-0.15, -0.1) is 0 Å². The average molecular weight is 281 g/mol. The summed E-state index contributed by atoms with van der Waals surface area (Å²) in [6.45, 7) is 6.84.